The second-order valence-corrected chi connectivity index (χ2v) is 42.2. The minimum absolute atomic E-state index is 0.00736. The lowest BCUT2D eigenvalue weighted by atomic mass is 9.48. The Morgan fingerprint density at radius 2 is 0.632 bits per heavy atom. The van der Waals surface area contributed by atoms with Gasteiger partial charge in [-0.05, 0) is 357 Å². The molecule has 4 aliphatic heterocycles. The van der Waals surface area contributed by atoms with Gasteiger partial charge in [-0.15, -0.1) is 0 Å². The first kappa shape index (κ1) is 102. The summed E-state index contributed by atoms with van der Waals surface area (Å²) in [7, 11) is 12.0. The number of carbonyl (C=O) groups excluding carboxylic acids is 4. The number of nitrogens with zero attached hydrogens (tertiary/aromatic N) is 4. The minimum atomic E-state index is -0.00736. The van der Waals surface area contributed by atoms with Gasteiger partial charge in [0, 0.05) is 111 Å². The van der Waals surface area contributed by atoms with Crippen LogP contribution in [0.1, 0.15) is 179 Å². The quantitative estimate of drug-likeness (QED) is 0.0312. The number of carbonyl (C=O) groups is 4. The number of benzene rings is 13. The Bertz CT molecular complexity index is 6540. The van der Waals surface area contributed by atoms with Crippen molar-refractivity contribution in [3.63, 3.8) is 0 Å². The maximum atomic E-state index is 13.6. The molecule has 8 aliphatic rings. The Hall–Kier alpha value is -13.1. The standard InChI is InChI=1S/2C34H35NO3.C32H37NO2.C30H37NO2/c1-24-7-4-11-28(19-24)32-23-29(13-14-34(32)37-3)33(36)21-25-8-5-9-26(20-25)27-10-6-12-31(22-27)38-30-15-17-35(2)18-16-30;1-24-6-4-9-28(20-24)32-23-29(12-15-34(32)37-3)33(36)22-25-7-5-8-27(21-25)26-10-13-30(14-11-26)38-31-16-18-35(2)19-17-31;1-23(2)5-9-28-22-29(10-6-24(28)3)32(34)21-25-7-11-26(12-8-25)27-13-15-30(16-14-27)35-31-17-19-33(4)20-18-31;1-31-10-8-27(9-11-31)33-28-7-3-6-26(17-28)25-5-2-4-21(15-25)16-29(32)30-18-22-12-23(19-30)14-24(13-22)20-30/h4-14,19-20,22-23,30H,15-18,21H2,1-3H3;4-15,20-21,23,31H,16-19,22H2,1-3H3;5-8,10-16,22,31H,9,17-21H2,1-4H3;2-7,15,17,22-24,27H,8-14,16,18-20H2,1H3. The number of piperidine rings is 4. The van der Waals surface area contributed by atoms with Crippen LogP contribution in [0.25, 0.3) is 66.8 Å². The molecule has 4 saturated heterocycles. The summed E-state index contributed by atoms with van der Waals surface area (Å²) in [6, 6.07) is 101. The number of ether oxygens (including phenoxy) is 6. The predicted molar refractivity (Wildman–Crippen MR) is 586 cm³/mol. The molecular formula is C130H144N4O10. The van der Waals surface area contributed by atoms with E-state index in [-0.39, 0.29) is 35.0 Å². The van der Waals surface area contributed by atoms with E-state index >= 15 is 0 Å². The first-order valence-corrected chi connectivity index (χ1v) is 52.4. The molecule has 8 fully saturated rings. The van der Waals surface area contributed by atoms with E-state index in [1.165, 1.54) is 58.2 Å². The Morgan fingerprint density at radius 1 is 0.312 bits per heavy atom. The van der Waals surface area contributed by atoms with Crippen molar-refractivity contribution in [2.45, 2.75) is 181 Å². The summed E-state index contributed by atoms with van der Waals surface area (Å²) in [6.45, 7) is 19.1. The van der Waals surface area contributed by atoms with E-state index in [0.29, 0.717) is 54.8 Å². The Labute approximate surface area is 855 Å². The van der Waals surface area contributed by atoms with Crippen molar-refractivity contribution in [1.82, 2.24) is 19.6 Å². The Morgan fingerprint density at radius 3 is 1.01 bits per heavy atom. The zero-order valence-electron chi connectivity index (χ0n) is 86.4. The van der Waals surface area contributed by atoms with Crippen LogP contribution in [0, 0.1) is 43.9 Å². The van der Waals surface area contributed by atoms with Gasteiger partial charge in [0.1, 0.15) is 64.7 Å². The van der Waals surface area contributed by atoms with Crippen molar-refractivity contribution < 1.29 is 47.6 Å². The zero-order valence-corrected chi connectivity index (χ0v) is 86.4. The molecule has 13 aromatic rings. The molecule has 0 amide bonds. The molecule has 13 aromatic carbocycles. The number of hydrogen-bond acceptors (Lipinski definition) is 14. The normalized spacial score (nSPS) is 18.3. The van der Waals surface area contributed by atoms with E-state index in [9.17, 15) is 19.2 Å². The van der Waals surface area contributed by atoms with Crippen molar-refractivity contribution in [3.8, 4) is 101 Å². The molecule has 14 heteroatoms. The lowest BCUT2D eigenvalue weighted by Crippen LogP contribution is -2.50. The number of allylic oxidation sites excluding steroid dienone is 2. The molecule has 4 saturated carbocycles. The summed E-state index contributed by atoms with van der Waals surface area (Å²) in [4.78, 5) is 62.6. The molecule has 0 radical (unpaired) electrons. The van der Waals surface area contributed by atoms with E-state index < -0.39 is 0 Å². The van der Waals surface area contributed by atoms with Crippen LogP contribution in [0.3, 0.4) is 0 Å². The van der Waals surface area contributed by atoms with Crippen molar-refractivity contribution in [3.05, 3.63) is 370 Å². The van der Waals surface area contributed by atoms with Crippen molar-refractivity contribution in [2.75, 3.05) is 94.8 Å². The smallest absolute Gasteiger partial charge is 0.167 e. The highest BCUT2D eigenvalue weighted by molar-refractivity contribution is 6.01. The van der Waals surface area contributed by atoms with Gasteiger partial charge in [0.2, 0.25) is 0 Å². The van der Waals surface area contributed by atoms with Gasteiger partial charge in [-0.2, -0.15) is 0 Å². The average Bonchev–Trinajstić information content (AvgIpc) is 0.737. The van der Waals surface area contributed by atoms with Gasteiger partial charge in [-0.3, -0.25) is 19.2 Å². The number of rotatable bonds is 30. The lowest BCUT2D eigenvalue weighted by molar-refractivity contribution is -0.143. The highest BCUT2D eigenvalue weighted by atomic mass is 16.5. The van der Waals surface area contributed by atoms with E-state index in [1.54, 1.807) is 14.2 Å². The summed E-state index contributed by atoms with van der Waals surface area (Å²) in [5, 5.41) is 0. The van der Waals surface area contributed by atoms with Crippen molar-refractivity contribution >= 4 is 23.1 Å². The van der Waals surface area contributed by atoms with Crippen molar-refractivity contribution in [2.24, 2.45) is 23.2 Å². The van der Waals surface area contributed by atoms with Crippen LogP contribution < -0.4 is 28.4 Å². The third kappa shape index (κ3) is 27.7. The molecule has 14 nitrogen and oxygen atoms in total. The maximum absolute atomic E-state index is 13.6. The molecule has 744 valence electrons. The van der Waals surface area contributed by atoms with Crippen LogP contribution in [-0.2, 0) is 36.9 Å². The summed E-state index contributed by atoms with van der Waals surface area (Å²) in [6.07, 6.45) is 22.1. The highest BCUT2D eigenvalue weighted by Gasteiger charge is 2.54. The highest BCUT2D eigenvalue weighted by Crippen LogP contribution is 2.61. The Balaban J connectivity index is 0.000000132. The van der Waals surface area contributed by atoms with E-state index in [4.69, 9.17) is 28.4 Å². The zero-order chi connectivity index (χ0) is 100. The monoisotopic (exact) mass is 1920 g/mol. The molecular weight excluding hydrogens is 1780 g/mol. The minimum Gasteiger partial charge on any atom is -0.496 e. The molecule has 4 heterocycles. The number of likely N-dealkylation sites (tertiary alicyclic amines) is 4. The summed E-state index contributed by atoms with van der Waals surface area (Å²) in [5.41, 5.74) is 25.4. The second kappa shape index (κ2) is 48.5. The molecule has 4 aliphatic carbocycles. The van der Waals surface area contributed by atoms with Crippen LogP contribution in [0.15, 0.2) is 309 Å². The maximum Gasteiger partial charge on any atom is 0.167 e. The SMILES string of the molecule is CC(C)=CCc1cc(C(=O)Cc2ccc(-c3ccc(OC4CCN(C)CC4)cc3)cc2)ccc1C.CN1CCC(Oc2cccc(-c3cccc(CC(=O)C45CC6CC(CC(C6)C4)C5)c3)c2)CC1.COc1ccc(C(=O)Cc2cccc(-c3ccc(OC4CCN(C)CC4)cc3)c2)cc1-c1cccc(C)c1.COc1ccc(C(=O)Cc2cccc(-c3cccc(OC4CCN(C)CC4)c3)c2)cc1-c1cccc(C)c1. The van der Waals surface area contributed by atoms with Gasteiger partial charge in [-0.1, -0.05) is 229 Å². The molecule has 144 heavy (non-hydrogen) atoms. The molecule has 0 atom stereocenters. The number of methoxy groups -OCH3 is 2. The van der Waals surface area contributed by atoms with E-state index in [2.05, 4.69) is 283 Å². The number of aryl methyl sites for hydroxylation is 3. The first-order chi connectivity index (χ1) is 69.9. The summed E-state index contributed by atoms with van der Waals surface area (Å²) in [5.74, 6) is 8.53. The van der Waals surface area contributed by atoms with Crippen LogP contribution >= 0.6 is 0 Å². The number of ketones is 4. The van der Waals surface area contributed by atoms with Gasteiger partial charge in [0.15, 0.2) is 17.3 Å². The molecule has 4 bridgehead atoms. The fourth-order valence-electron chi connectivity index (χ4n) is 22.4. The largest absolute Gasteiger partial charge is 0.496 e. The van der Waals surface area contributed by atoms with Gasteiger partial charge in [0.25, 0.3) is 0 Å². The lowest BCUT2D eigenvalue weighted by Gasteiger charge is -2.56. The molecule has 0 spiro atoms. The van der Waals surface area contributed by atoms with E-state index in [0.717, 1.165) is 265 Å². The van der Waals surface area contributed by atoms with Crippen LogP contribution in [0.2, 0.25) is 0 Å². The summed E-state index contributed by atoms with van der Waals surface area (Å²) >= 11 is 0. The van der Waals surface area contributed by atoms with E-state index in [1.807, 2.05) is 103 Å². The van der Waals surface area contributed by atoms with Gasteiger partial charge >= 0.3 is 0 Å². The van der Waals surface area contributed by atoms with Crippen LogP contribution in [0.4, 0.5) is 0 Å². The third-order valence-corrected chi connectivity index (χ3v) is 30.5. The van der Waals surface area contributed by atoms with Crippen LogP contribution in [0.5, 0.6) is 34.5 Å². The van der Waals surface area contributed by atoms with Crippen LogP contribution in [-0.4, -0.2) is 162 Å². The fraction of sp³-hybridized carbons (Fsp3) is 0.354. The molecule has 0 N–H and O–H groups in total. The molecule has 0 aromatic heterocycles. The van der Waals surface area contributed by atoms with Gasteiger partial charge < -0.3 is 48.0 Å². The number of hydrogen-bond donors (Lipinski definition) is 0. The predicted octanol–water partition coefficient (Wildman–Crippen LogP) is 27.7. The third-order valence-electron chi connectivity index (χ3n) is 30.5. The van der Waals surface area contributed by atoms with Crippen molar-refractivity contribution in [1.29, 1.82) is 0 Å². The molecule has 21 rings (SSSR count). The molecule has 0 unspecified atom stereocenters. The number of Topliss-reactive ketones (excluding diaryl/α,β-unsaturated/α-hetero) is 4. The first-order valence-electron chi connectivity index (χ1n) is 52.4. The summed E-state index contributed by atoms with van der Waals surface area (Å²) < 4.78 is 36.2. The second-order valence-electron chi connectivity index (χ2n) is 42.2. The van der Waals surface area contributed by atoms with Gasteiger partial charge in [0.05, 0.1) is 14.2 Å². The van der Waals surface area contributed by atoms with Gasteiger partial charge in [-0.25, -0.2) is 0 Å². The topological polar surface area (TPSA) is 137 Å². The fourth-order valence-corrected chi connectivity index (χ4v) is 22.4. The Kier molecular flexibility index (Phi) is 34.5. The average molecular weight is 1920 g/mol.